The van der Waals surface area contributed by atoms with Crippen LogP contribution in [-0.4, -0.2) is 49.9 Å². The maximum absolute atomic E-state index is 12.2. The molecule has 0 spiro atoms. The monoisotopic (exact) mass is 291 g/mol. The Bertz CT molecular complexity index is 483. The van der Waals surface area contributed by atoms with Gasteiger partial charge in [-0.25, -0.2) is 0 Å². The molecular formula is C15H21N3O3. The van der Waals surface area contributed by atoms with Gasteiger partial charge in [0.1, 0.15) is 0 Å². The molecular weight excluding hydrogens is 270 g/mol. The van der Waals surface area contributed by atoms with Crippen LogP contribution in [0.25, 0.3) is 0 Å². The van der Waals surface area contributed by atoms with Gasteiger partial charge in [0.05, 0.1) is 37.4 Å². The molecule has 1 unspecified atom stereocenters. The van der Waals surface area contributed by atoms with Crippen molar-refractivity contribution in [3.63, 3.8) is 0 Å². The molecule has 1 aromatic rings. The number of pyridine rings is 1. The Balaban J connectivity index is 1.70. The van der Waals surface area contributed by atoms with Crippen LogP contribution in [0.5, 0.6) is 0 Å². The Morgan fingerprint density at radius 3 is 2.90 bits per heavy atom. The molecule has 1 atom stereocenters. The third-order valence-corrected chi connectivity index (χ3v) is 3.86. The summed E-state index contributed by atoms with van der Waals surface area (Å²) in [6, 6.07) is 1.96. The zero-order chi connectivity index (χ0) is 14.5. The van der Waals surface area contributed by atoms with Gasteiger partial charge in [-0.15, -0.1) is 0 Å². The lowest BCUT2D eigenvalue weighted by molar-refractivity contribution is -0.142. The summed E-state index contributed by atoms with van der Waals surface area (Å²) in [5.74, 6) is -0.166. The summed E-state index contributed by atoms with van der Waals surface area (Å²) in [6.07, 6.45) is 6.58. The van der Waals surface area contributed by atoms with Crippen LogP contribution in [-0.2, 0) is 14.3 Å². The smallest absolute Gasteiger partial charge is 0.256 e. The first-order valence-electron chi connectivity index (χ1n) is 7.54. The van der Waals surface area contributed by atoms with Crippen molar-refractivity contribution in [1.82, 2.24) is 4.98 Å². The van der Waals surface area contributed by atoms with Gasteiger partial charge in [0.25, 0.3) is 5.91 Å². The Morgan fingerprint density at radius 2 is 2.14 bits per heavy atom. The highest BCUT2D eigenvalue weighted by molar-refractivity contribution is 5.97. The molecule has 2 aliphatic heterocycles. The average molecular weight is 291 g/mol. The second-order valence-corrected chi connectivity index (χ2v) is 5.36. The van der Waals surface area contributed by atoms with Gasteiger partial charge in [0.2, 0.25) is 0 Å². The van der Waals surface area contributed by atoms with E-state index in [0.717, 1.165) is 24.5 Å². The molecule has 0 radical (unpaired) electrons. The van der Waals surface area contributed by atoms with E-state index in [-0.39, 0.29) is 5.91 Å². The lowest BCUT2D eigenvalue weighted by Crippen LogP contribution is -2.39. The molecule has 0 bridgehead atoms. The second-order valence-electron chi connectivity index (χ2n) is 5.36. The highest BCUT2D eigenvalue weighted by Gasteiger charge is 2.24. The first-order valence-corrected chi connectivity index (χ1v) is 7.54. The number of nitrogens with zero attached hydrogens (tertiary/aromatic N) is 2. The maximum atomic E-state index is 12.2. The van der Waals surface area contributed by atoms with E-state index in [2.05, 4.69) is 15.2 Å². The molecule has 2 saturated heterocycles. The molecule has 6 heteroatoms. The largest absolute Gasteiger partial charge is 0.376 e. The Kier molecular flexibility index (Phi) is 4.67. The number of amides is 1. The van der Waals surface area contributed by atoms with Crippen LogP contribution in [0.1, 0.15) is 19.3 Å². The number of hydrogen-bond acceptors (Lipinski definition) is 5. The number of ether oxygens (including phenoxy) is 2. The second kappa shape index (κ2) is 6.87. The van der Waals surface area contributed by atoms with Crippen LogP contribution in [0.2, 0.25) is 0 Å². The predicted molar refractivity (Wildman–Crippen MR) is 79.5 cm³/mol. The molecule has 21 heavy (non-hydrogen) atoms. The molecule has 3 rings (SSSR count). The van der Waals surface area contributed by atoms with Gasteiger partial charge in [-0.3, -0.25) is 9.78 Å². The number of hydrogen-bond donors (Lipinski definition) is 1. The number of rotatable bonds is 3. The third-order valence-electron chi connectivity index (χ3n) is 3.86. The van der Waals surface area contributed by atoms with Crippen LogP contribution >= 0.6 is 0 Å². The summed E-state index contributed by atoms with van der Waals surface area (Å²) in [7, 11) is 0. The van der Waals surface area contributed by atoms with Crippen molar-refractivity contribution in [2.75, 3.05) is 43.1 Å². The molecule has 6 nitrogen and oxygen atoms in total. The molecule has 1 aromatic heterocycles. The fraction of sp³-hybridized carbons (Fsp3) is 0.600. The molecule has 3 heterocycles. The Labute approximate surface area is 124 Å². The molecule has 1 amide bonds. The van der Waals surface area contributed by atoms with Gasteiger partial charge in [-0.1, -0.05) is 0 Å². The molecule has 0 aliphatic carbocycles. The summed E-state index contributed by atoms with van der Waals surface area (Å²) in [5, 5.41) is 2.93. The van der Waals surface area contributed by atoms with Gasteiger partial charge < -0.3 is 19.7 Å². The molecule has 2 aliphatic rings. The molecule has 2 fully saturated rings. The first-order chi connectivity index (χ1) is 10.3. The lowest BCUT2D eigenvalue weighted by atomic mass is 10.1. The topological polar surface area (TPSA) is 63.7 Å². The van der Waals surface area contributed by atoms with Gasteiger partial charge in [0.15, 0.2) is 6.10 Å². The van der Waals surface area contributed by atoms with Gasteiger partial charge in [-0.2, -0.15) is 0 Å². The quantitative estimate of drug-likeness (QED) is 0.912. The van der Waals surface area contributed by atoms with Crippen molar-refractivity contribution in [2.45, 2.75) is 25.4 Å². The van der Waals surface area contributed by atoms with Gasteiger partial charge >= 0.3 is 0 Å². The first kappa shape index (κ1) is 14.3. The van der Waals surface area contributed by atoms with E-state index in [9.17, 15) is 4.79 Å². The van der Waals surface area contributed by atoms with E-state index >= 15 is 0 Å². The van der Waals surface area contributed by atoms with Crippen molar-refractivity contribution in [3.05, 3.63) is 18.5 Å². The number of carbonyl (C=O) groups is 1. The van der Waals surface area contributed by atoms with E-state index in [0.29, 0.717) is 19.8 Å². The van der Waals surface area contributed by atoms with Crippen LogP contribution in [0, 0.1) is 0 Å². The Hall–Kier alpha value is -1.66. The highest BCUT2D eigenvalue weighted by Crippen LogP contribution is 2.27. The minimum absolute atomic E-state index is 0.166. The Morgan fingerprint density at radius 1 is 1.29 bits per heavy atom. The molecule has 0 saturated carbocycles. The minimum Gasteiger partial charge on any atom is -0.376 e. The van der Waals surface area contributed by atoms with Crippen molar-refractivity contribution in [3.8, 4) is 0 Å². The number of nitrogens with one attached hydrogen (secondary N) is 1. The predicted octanol–water partition coefficient (Wildman–Crippen LogP) is 1.43. The molecule has 0 aromatic carbocycles. The number of aromatic nitrogens is 1. The summed E-state index contributed by atoms with van der Waals surface area (Å²) in [6.45, 7) is 3.37. The minimum atomic E-state index is -0.534. The van der Waals surface area contributed by atoms with Crippen LogP contribution in [0.15, 0.2) is 18.5 Å². The van der Waals surface area contributed by atoms with Crippen LogP contribution in [0.4, 0.5) is 11.4 Å². The SMILES string of the molecule is O=C(Nc1cnccc1N1CCCCC1)C1COCCO1. The standard InChI is InChI=1S/C15H21N3O3/c19-15(14-11-20-8-9-21-14)17-12-10-16-5-4-13(12)18-6-2-1-3-7-18/h4-5,10,14H,1-3,6-9,11H2,(H,17,19). The maximum Gasteiger partial charge on any atom is 0.256 e. The summed E-state index contributed by atoms with van der Waals surface area (Å²) in [4.78, 5) is 18.7. The van der Waals surface area contributed by atoms with E-state index in [4.69, 9.17) is 9.47 Å². The lowest BCUT2D eigenvalue weighted by Gasteiger charge is -2.30. The molecule has 1 N–H and O–H groups in total. The highest BCUT2D eigenvalue weighted by atomic mass is 16.6. The number of anilines is 2. The normalized spacial score (nSPS) is 22.9. The average Bonchev–Trinajstić information content (AvgIpc) is 2.57. The summed E-state index contributed by atoms with van der Waals surface area (Å²) < 4.78 is 10.7. The summed E-state index contributed by atoms with van der Waals surface area (Å²) in [5.41, 5.74) is 1.79. The molecule has 114 valence electrons. The van der Waals surface area contributed by atoms with Crippen molar-refractivity contribution < 1.29 is 14.3 Å². The third kappa shape index (κ3) is 3.51. The van der Waals surface area contributed by atoms with E-state index in [1.165, 1.54) is 19.3 Å². The van der Waals surface area contributed by atoms with Crippen LogP contribution < -0.4 is 10.2 Å². The zero-order valence-corrected chi connectivity index (χ0v) is 12.1. The van der Waals surface area contributed by atoms with Crippen molar-refractivity contribution in [1.29, 1.82) is 0 Å². The fourth-order valence-corrected chi connectivity index (χ4v) is 2.75. The number of carbonyl (C=O) groups excluding carboxylic acids is 1. The van der Waals surface area contributed by atoms with Gasteiger partial charge in [0, 0.05) is 19.3 Å². The van der Waals surface area contributed by atoms with Crippen LogP contribution in [0.3, 0.4) is 0 Å². The van der Waals surface area contributed by atoms with Crippen molar-refractivity contribution in [2.24, 2.45) is 0 Å². The van der Waals surface area contributed by atoms with E-state index < -0.39 is 6.10 Å². The zero-order valence-electron chi connectivity index (χ0n) is 12.1. The van der Waals surface area contributed by atoms with E-state index in [1.54, 1.807) is 12.4 Å². The number of piperidine rings is 1. The summed E-state index contributed by atoms with van der Waals surface area (Å²) >= 11 is 0. The van der Waals surface area contributed by atoms with Crippen molar-refractivity contribution >= 4 is 17.3 Å². The van der Waals surface area contributed by atoms with Gasteiger partial charge in [-0.05, 0) is 25.3 Å². The van der Waals surface area contributed by atoms with E-state index in [1.807, 2.05) is 6.07 Å². The fourth-order valence-electron chi connectivity index (χ4n) is 2.75.